The van der Waals surface area contributed by atoms with E-state index in [4.69, 9.17) is 16.0 Å². The first-order valence-corrected chi connectivity index (χ1v) is 15.7. The molecule has 222 valence electrons. The van der Waals surface area contributed by atoms with E-state index in [-0.39, 0.29) is 30.8 Å². The van der Waals surface area contributed by atoms with Gasteiger partial charge in [0.1, 0.15) is 17.6 Å². The van der Waals surface area contributed by atoms with Crippen LogP contribution in [0.3, 0.4) is 0 Å². The predicted molar refractivity (Wildman–Crippen MR) is 179 cm³/mol. The summed E-state index contributed by atoms with van der Waals surface area (Å²) in [5.41, 5.74) is 5.22. The van der Waals surface area contributed by atoms with Crippen LogP contribution >= 0.6 is 23.4 Å². The molecular formula is C34H38ClLiN2O4S. The molecule has 0 saturated carbocycles. The van der Waals surface area contributed by atoms with E-state index in [9.17, 15) is 14.7 Å². The Hall–Kier alpha value is -2.92. The van der Waals surface area contributed by atoms with E-state index in [0.717, 1.165) is 39.3 Å². The average molecular weight is 613 g/mol. The van der Waals surface area contributed by atoms with E-state index >= 15 is 0 Å². The van der Waals surface area contributed by atoms with Crippen LogP contribution < -0.4 is 5.32 Å². The number of carboxylic acid groups (broad SMARTS) is 1. The summed E-state index contributed by atoms with van der Waals surface area (Å²) in [4.78, 5) is 27.6. The molecule has 6 nitrogen and oxygen atoms in total. The first kappa shape index (κ1) is 34.6. The number of amides is 1. The number of aliphatic carboxylic acids is 1. The molecular weight excluding hydrogens is 575 g/mol. The van der Waals surface area contributed by atoms with Gasteiger partial charge in [0.05, 0.1) is 6.54 Å². The van der Waals surface area contributed by atoms with Crippen molar-refractivity contribution in [1.29, 1.82) is 0 Å². The standard InChI is InChI=1S/C34H37ClN2O4S.Li.H/c1-22(2)37(21-27-14-16-32(41-27)25-10-12-26(35)13-11-25)20-24-9-15-29(30(19-24)28-8-6-5-7-23(28)3)33(38)36-31(34(39)40)17-18-42-4;;/h5-16,19,22,31H,17-18,20-21H2,1-4H3,(H,36,38)(H,39,40);;. The molecule has 1 amide bonds. The third kappa shape index (κ3) is 9.28. The number of rotatable bonds is 13. The zero-order valence-corrected chi connectivity index (χ0v) is 26.0. The molecule has 3 aromatic carbocycles. The van der Waals surface area contributed by atoms with E-state index in [1.807, 2.05) is 92.0 Å². The molecule has 1 aromatic heterocycles. The molecule has 0 spiro atoms. The van der Waals surface area contributed by atoms with Crippen molar-refractivity contribution in [3.8, 4) is 22.5 Å². The van der Waals surface area contributed by atoms with Crippen molar-refractivity contribution in [2.24, 2.45) is 0 Å². The molecule has 9 heteroatoms. The quantitative estimate of drug-likeness (QED) is 0.155. The summed E-state index contributed by atoms with van der Waals surface area (Å²) in [6.07, 6.45) is 2.27. The Kier molecular flexibility index (Phi) is 13.0. The van der Waals surface area contributed by atoms with Gasteiger partial charge in [-0.3, -0.25) is 9.69 Å². The molecule has 0 aliphatic rings. The number of hydrogen-bond acceptors (Lipinski definition) is 5. The summed E-state index contributed by atoms with van der Waals surface area (Å²) in [6, 6.07) is 24.6. The number of carbonyl (C=O) groups excluding carboxylic acids is 1. The number of carbonyl (C=O) groups is 2. The number of furan rings is 1. The molecule has 0 radical (unpaired) electrons. The van der Waals surface area contributed by atoms with Crippen LogP contribution in [0.5, 0.6) is 0 Å². The zero-order chi connectivity index (χ0) is 30.2. The van der Waals surface area contributed by atoms with Crippen LogP contribution in [0.4, 0.5) is 0 Å². The number of carboxylic acids is 1. The summed E-state index contributed by atoms with van der Waals surface area (Å²) >= 11 is 7.59. The SMILES string of the molecule is CSCCC(NC(=O)c1ccc(CN(Cc2ccc(-c3ccc(Cl)cc3)o2)C(C)C)cc1-c1ccccc1C)C(=O)O.[LiH]. The molecule has 4 rings (SSSR count). The van der Waals surface area contributed by atoms with Gasteiger partial charge in [-0.2, -0.15) is 11.8 Å². The van der Waals surface area contributed by atoms with Crippen LogP contribution in [0.25, 0.3) is 22.5 Å². The van der Waals surface area contributed by atoms with Gasteiger partial charge in [-0.15, -0.1) is 0 Å². The third-order valence-corrected chi connectivity index (χ3v) is 8.14. The maximum atomic E-state index is 13.4. The van der Waals surface area contributed by atoms with Crippen LogP contribution in [0, 0.1) is 6.92 Å². The van der Waals surface area contributed by atoms with E-state index in [1.165, 1.54) is 0 Å². The molecule has 0 fully saturated rings. The predicted octanol–water partition coefficient (Wildman–Crippen LogP) is 7.27. The average Bonchev–Trinajstić information content (AvgIpc) is 3.43. The molecule has 1 atom stereocenters. The third-order valence-electron chi connectivity index (χ3n) is 7.24. The van der Waals surface area contributed by atoms with Gasteiger partial charge in [0.25, 0.3) is 5.91 Å². The van der Waals surface area contributed by atoms with Gasteiger partial charge in [0.2, 0.25) is 0 Å². The Morgan fingerprint density at radius 1 is 0.977 bits per heavy atom. The summed E-state index contributed by atoms with van der Waals surface area (Å²) in [7, 11) is 0. The topological polar surface area (TPSA) is 82.8 Å². The molecule has 0 aliphatic carbocycles. The number of halogens is 1. The van der Waals surface area contributed by atoms with Gasteiger partial charge in [-0.25, -0.2) is 4.79 Å². The van der Waals surface area contributed by atoms with Crippen LogP contribution in [0.15, 0.2) is 83.3 Å². The van der Waals surface area contributed by atoms with E-state index in [0.29, 0.717) is 35.8 Å². The molecule has 0 saturated heterocycles. The van der Waals surface area contributed by atoms with Crippen molar-refractivity contribution in [3.05, 3.63) is 106 Å². The number of aryl methyl sites for hydroxylation is 1. The molecule has 1 unspecified atom stereocenters. The van der Waals surface area contributed by atoms with Crippen LogP contribution in [-0.4, -0.2) is 64.8 Å². The van der Waals surface area contributed by atoms with Crippen molar-refractivity contribution in [1.82, 2.24) is 10.2 Å². The van der Waals surface area contributed by atoms with Crippen molar-refractivity contribution in [2.45, 2.75) is 52.4 Å². The molecule has 0 aliphatic heterocycles. The number of thioether (sulfide) groups is 1. The fourth-order valence-corrected chi connectivity index (χ4v) is 5.40. The fourth-order valence-electron chi connectivity index (χ4n) is 4.80. The Morgan fingerprint density at radius 2 is 1.70 bits per heavy atom. The minimum absolute atomic E-state index is 0. The van der Waals surface area contributed by atoms with Gasteiger partial charge in [0.15, 0.2) is 0 Å². The van der Waals surface area contributed by atoms with E-state index in [2.05, 4.69) is 24.1 Å². The minimum atomic E-state index is -1.03. The van der Waals surface area contributed by atoms with Crippen molar-refractivity contribution in [2.75, 3.05) is 12.0 Å². The fraction of sp³-hybridized carbons (Fsp3) is 0.294. The molecule has 1 heterocycles. The van der Waals surface area contributed by atoms with Crippen molar-refractivity contribution < 1.29 is 19.1 Å². The Labute approximate surface area is 275 Å². The van der Waals surface area contributed by atoms with E-state index < -0.39 is 12.0 Å². The van der Waals surface area contributed by atoms with Gasteiger partial charge < -0.3 is 14.8 Å². The number of nitrogens with one attached hydrogen (secondary N) is 1. The Morgan fingerprint density at radius 3 is 2.35 bits per heavy atom. The maximum absolute atomic E-state index is 13.4. The van der Waals surface area contributed by atoms with Gasteiger partial charge in [-0.05, 0) is 110 Å². The summed E-state index contributed by atoms with van der Waals surface area (Å²) in [5.74, 6) is 0.868. The van der Waals surface area contributed by atoms with Crippen molar-refractivity contribution in [3.63, 3.8) is 0 Å². The van der Waals surface area contributed by atoms with Crippen LogP contribution in [0.2, 0.25) is 5.02 Å². The number of nitrogens with zero attached hydrogens (tertiary/aromatic N) is 1. The number of benzene rings is 3. The second-order valence-electron chi connectivity index (χ2n) is 10.6. The van der Waals surface area contributed by atoms with E-state index in [1.54, 1.807) is 11.8 Å². The Bertz CT molecular complexity index is 1520. The second kappa shape index (κ2) is 16.2. The van der Waals surface area contributed by atoms with Crippen LogP contribution in [0.1, 0.15) is 47.5 Å². The monoisotopic (exact) mass is 612 g/mol. The van der Waals surface area contributed by atoms with Crippen LogP contribution in [-0.2, 0) is 17.9 Å². The summed E-state index contributed by atoms with van der Waals surface area (Å²) < 4.78 is 6.18. The Balaban J connectivity index is 0.00000506. The van der Waals surface area contributed by atoms with Crippen molar-refractivity contribution >= 4 is 54.1 Å². The first-order valence-electron chi connectivity index (χ1n) is 14.0. The summed E-state index contributed by atoms with van der Waals surface area (Å²) in [6.45, 7) is 7.56. The molecule has 4 aromatic rings. The normalized spacial score (nSPS) is 11.8. The molecule has 2 N–H and O–H groups in total. The molecule has 43 heavy (non-hydrogen) atoms. The van der Waals surface area contributed by atoms with Gasteiger partial charge in [-0.1, -0.05) is 41.9 Å². The second-order valence-corrected chi connectivity index (χ2v) is 12.0. The van der Waals surface area contributed by atoms with Gasteiger partial charge >= 0.3 is 24.8 Å². The number of hydrogen-bond donors (Lipinski definition) is 2. The summed E-state index contributed by atoms with van der Waals surface area (Å²) in [5, 5.41) is 13.1. The first-order chi connectivity index (χ1) is 20.2. The molecule has 0 bridgehead atoms. The van der Waals surface area contributed by atoms with Gasteiger partial charge in [0, 0.05) is 28.7 Å². The zero-order valence-electron chi connectivity index (χ0n) is 24.4.